The van der Waals surface area contributed by atoms with Gasteiger partial charge in [0.15, 0.2) is 12.4 Å². The predicted molar refractivity (Wildman–Crippen MR) is 61.8 cm³/mol. The summed E-state index contributed by atoms with van der Waals surface area (Å²) in [4.78, 5) is 0. The molecule has 0 aliphatic rings. The highest BCUT2D eigenvalue weighted by molar-refractivity contribution is 5.88. The van der Waals surface area contributed by atoms with Crippen LogP contribution in [0.1, 0.15) is 5.56 Å². The van der Waals surface area contributed by atoms with Crippen molar-refractivity contribution in [2.45, 2.75) is 6.92 Å². The van der Waals surface area contributed by atoms with Gasteiger partial charge in [-0.3, -0.25) is 0 Å². The average molecular weight is 212 g/mol. The highest BCUT2D eigenvalue weighted by Crippen LogP contribution is 2.21. The Balaban J connectivity index is 2.61. The van der Waals surface area contributed by atoms with E-state index in [-0.39, 0.29) is 5.82 Å². The standard InChI is InChI=1S/C14H11FN/c1-10-11-5-4-6-13(15)12(11)9-16-8-3-2-7-14(10)16/h2-9H,1H3/q+1. The molecule has 3 rings (SSSR count). The molecule has 1 nitrogen and oxygen atoms in total. The van der Waals surface area contributed by atoms with Gasteiger partial charge < -0.3 is 0 Å². The number of halogens is 1. The van der Waals surface area contributed by atoms with E-state index >= 15 is 0 Å². The average Bonchev–Trinajstić information content (AvgIpc) is 2.31. The number of rotatable bonds is 0. The SMILES string of the molecule is Cc1c2cccc(F)c2c[n+]2ccccc12. The quantitative estimate of drug-likeness (QED) is 0.398. The molecule has 0 aliphatic heterocycles. The van der Waals surface area contributed by atoms with E-state index in [1.807, 2.05) is 48.0 Å². The second-order valence-corrected chi connectivity index (χ2v) is 3.95. The lowest BCUT2D eigenvalue weighted by Gasteiger charge is -2.02. The van der Waals surface area contributed by atoms with Gasteiger partial charge in [-0.05, 0) is 19.1 Å². The maximum absolute atomic E-state index is 13.7. The molecular formula is C14H11FN+. The van der Waals surface area contributed by atoms with Gasteiger partial charge >= 0.3 is 0 Å². The molecule has 2 heterocycles. The third-order valence-electron chi connectivity index (χ3n) is 3.00. The first-order valence-corrected chi connectivity index (χ1v) is 5.25. The number of benzene rings is 1. The Morgan fingerprint density at radius 1 is 1.00 bits per heavy atom. The number of aromatic nitrogens is 1. The first-order chi connectivity index (χ1) is 7.77. The number of hydrogen-bond acceptors (Lipinski definition) is 0. The number of nitrogens with zero attached hydrogens (tertiary/aromatic N) is 1. The fraction of sp³-hybridized carbons (Fsp3) is 0.0714. The monoisotopic (exact) mass is 212 g/mol. The fourth-order valence-corrected chi connectivity index (χ4v) is 2.16. The van der Waals surface area contributed by atoms with E-state index in [0.717, 1.165) is 16.5 Å². The minimum Gasteiger partial charge on any atom is -0.206 e. The second-order valence-electron chi connectivity index (χ2n) is 3.95. The van der Waals surface area contributed by atoms with Crippen LogP contribution in [0, 0.1) is 12.7 Å². The predicted octanol–water partition coefficient (Wildman–Crippen LogP) is 3.03. The van der Waals surface area contributed by atoms with Crippen LogP contribution >= 0.6 is 0 Å². The Labute approximate surface area is 92.8 Å². The summed E-state index contributed by atoms with van der Waals surface area (Å²) in [6.07, 6.45) is 3.78. The second kappa shape index (κ2) is 3.27. The zero-order chi connectivity index (χ0) is 11.1. The van der Waals surface area contributed by atoms with Crippen LogP contribution in [0.15, 0.2) is 48.8 Å². The van der Waals surface area contributed by atoms with Crippen molar-refractivity contribution in [2.24, 2.45) is 0 Å². The molecule has 1 aromatic carbocycles. The topological polar surface area (TPSA) is 4.10 Å². The number of aryl methyl sites for hydroxylation is 1. The van der Waals surface area contributed by atoms with Crippen molar-refractivity contribution in [3.05, 3.63) is 60.2 Å². The summed E-state index contributed by atoms with van der Waals surface area (Å²) in [7, 11) is 0. The molecule has 0 spiro atoms. The van der Waals surface area contributed by atoms with Crippen LogP contribution in [0.5, 0.6) is 0 Å². The molecule has 0 radical (unpaired) electrons. The van der Waals surface area contributed by atoms with Crippen molar-refractivity contribution in [3.63, 3.8) is 0 Å². The van der Waals surface area contributed by atoms with Gasteiger partial charge in [0.05, 0.1) is 5.39 Å². The largest absolute Gasteiger partial charge is 0.214 e. The molecule has 0 saturated heterocycles. The van der Waals surface area contributed by atoms with Crippen LogP contribution < -0.4 is 4.40 Å². The molecule has 0 fully saturated rings. The first kappa shape index (κ1) is 9.28. The molecule has 0 amide bonds. The molecule has 0 atom stereocenters. The highest BCUT2D eigenvalue weighted by atomic mass is 19.1. The number of pyridine rings is 2. The van der Waals surface area contributed by atoms with E-state index < -0.39 is 0 Å². The lowest BCUT2D eigenvalue weighted by atomic mass is 10.1. The van der Waals surface area contributed by atoms with Crippen molar-refractivity contribution in [1.82, 2.24) is 0 Å². The summed E-state index contributed by atoms with van der Waals surface area (Å²) >= 11 is 0. The summed E-state index contributed by atoms with van der Waals surface area (Å²) in [6, 6.07) is 11.2. The third kappa shape index (κ3) is 1.20. The maximum Gasteiger partial charge on any atom is 0.214 e. The smallest absolute Gasteiger partial charge is 0.206 e. The van der Waals surface area contributed by atoms with Crippen LogP contribution in [0.2, 0.25) is 0 Å². The summed E-state index contributed by atoms with van der Waals surface area (Å²) in [5.74, 6) is -0.168. The van der Waals surface area contributed by atoms with E-state index in [4.69, 9.17) is 0 Å². The molecule has 0 unspecified atom stereocenters. The van der Waals surface area contributed by atoms with E-state index in [0.29, 0.717) is 5.39 Å². The van der Waals surface area contributed by atoms with Crippen molar-refractivity contribution in [3.8, 4) is 0 Å². The van der Waals surface area contributed by atoms with Crippen molar-refractivity contribution in [1.29, 1.82) is 0 Å². The van der Waals surface area contributed by atoms with Gasteiger partial charge in [-0.25, -0.2) is 4.39 Å². The van der Waals surface area contributed by atoms with Crippen LogP contribution in [-0.4, -0.2) is 0 Å². The minimum atomic E-state index is -0.168. The summed E-state index contributed by atoms with van der Waals surface area (Å²) in [5.41, 5.74) is 2.22. The zero-order valence-electron chi connectivity index (χ0n) is 8.94. The normalized spacial score (nSPS) is 11.1. The van der Waals surface area contributed by atoms with Gasteiger partial charge in [0.25, 0.3) is 0 Å². The Hall–Kier alpha value is -1.96. The highest BCUT2D eigenvalue weighted by Gasteiger charge is 2.12. The number of fused-ring (bicyclic) bond motifs is 2. The van der Waals surface area contributed by atoms with Gasteiger partial charge in [-0.1, -0.05) is 12.1 Å². The molecule has 2 aromatic heterocycles. The molecule has 3 aromatic rings. The van der Waals surface area contributed by atoms with Gasteiger partial charge in [-0.15, -0.1) is 0 Å². The van der Waals surface area contributed by atoms with Gasteiger partial charge in [0.1, 0.15) is 5.82 Å². The van der Waals surface area contributed by atoms with Crippen LogP contribution in [-0.2, 0) is 0 Å². The lowest BCUT2D eigenvalue weighted by Crippen LogP contribution is -2.21. The van der Waals surface area contributed by atoms with E-state index in [1.165, 1.54) is 6.07 Å². The molecule has 2 heteroatoms. The van der Waals surface area contributed by atoms with Gasteiger partial charge in [0.2, 0.25) is 5.52 Å². The molecule has 0 N–H and O–H groups in total. The molecule has 0 bridgehead atoms. The summed E-state index contributed by atoms with van der Waals surface area (Å²) in [6.45, 7) is 2.02. The Kier molecular flexibility index (Phi) is 1.90. The van der Waals surface area contributed by atoms with Crippen LogP contribution in [0.25, 0.3) is 16.3 Å². The van der Waals surface area contributed by atoms with Crippen LogP contribution in [0.3, 0.4) is 0 Å². The molecule has 0 saturated carbocycles. The van der Waals surface area contributed by atoms with Crippen molar-refractivity contribution >= 4 is 16.3 Å². The molecule has 0 aliphatic carbocycles. The summed E-state index contributed by atoms with van der Waals surface area (Å²) < 4.78 is 15.6. The maximum atomic E-state index is 13.7. The molecule has 78 valence electrons. The zero-order valence-corrected chi connectivity index (χ0v) is 8.94. The summed E-state index contributed by atoms with van der Waals surface area (Å²) in [5, 5.41) is 1.65. The Bertz CT molecular complexity index is 689. The fourth-order valence-electron chi connectivity index (χ4n) is 2.16. The van der Waals surface area contributed by atoms with Crippen molar-refractivity contribution in [2.75, 3.05) is 0 Å². The minimum absolute atomic E-state index is 0.168. The van der Waals surface area contributed by atoms with E-state index in [9.17, 15) is 4.39 Å². The Morgan fingerprint density at radius 3 is 2.75 bits per heavy atom. The van der Waals surface area contributed by atoms with E-state index in [2.05, 4.69) is 0 Å². The van der Waals surface area contributed by atoms with Gasteiger partial charge in [0, 0.05) is 23.1 Å². The van der Waals surface area contributed by atoms with Crippen molar-refractivity contribution < 1.29 is 8.79 Å². The van der Waals surface area contributed by atoms with E-state index in [1.54, 1.807) is 6.07 Å². The van der Waals surface area contributed by atoms with Gasteiger partial charge in [-0.2, -0.15) is 4.40 Å². The molecular weight excluding hydrogens is 201 g/mol. The third-order valence-corrected chi connectivity index (χ3v) is 3.00. The van der Waals surface area contributed by atoms with Crippen LogP contribution in [0.4, 0.5) is 4.39 Å². The molecule has 16 heavy (non-hydrogen) atoms. The number of hydrogen-bond donors (Lipinski definition) is 0. The lowest BCUT2D eigenvalue weighted by molar-refractivity contribution is -0.510. The Morgan fingerprint density at radius 2 is 1.88 bits per heavy atom. The first-order valence-electron chi connectivity index (χ1n) is 5.25.